The predicted octanol–water partition coefficient (Wildman–Crippen LogP) is 1.00. The molecule has 0 aromatic carbocycles. The fourth-order valence-electron chi connectivity index (χ4n) is 1.06. The SMILES string of the molecule is NCCCCCNC(=O)c1cncs1. The van der Waals surface area contributed by atoms with Gasteiger partial charge in [0.2, 0.25) is 0 Å². The smallest absolute Gasteiger partial charge is 0.262 e. The Morgan fingerprint density at radius 2 is 2.36 bits per heavy atom. The summed E-state index contributed by atoms with van der Waals surface area (Å²) in [4.78, 5) is 15.9. The van der Waals surface area contributed by atoms with Gasteiger partial charge in [-0.05, 0) is 19.4 Å². The number of carbonyl (C=O) groups excluding carboxylic acids is 1. The van der Waals surface area contributed by atoms with E-state index in [0.717, 1.165) is 32.4 Å². The third-order valence-corrected chi connectivity index (χ3v) is 2.59. The van der Waals surface area contributed by atoms with Crippen LogP contribution in [0.25, 0.3) is 0 Å². The van der Waals surface area contributed by atoms with Crippen LogP contribution in [0, 0.1) is 0 Å². The van der Waals surface area contributed by atoms with Gasteiger partial charge in [-0.25, -0.2) is 0 Å². The number of hydrogen-bond donors (Lipinski definition) is 2. The number of nitrogens with zero attached hydrogens (tertiary/aromatic N) is 1. The van der Waals surface area contributed by atoms with Crippen LogP contribution in [0.3, 0.4) is 0 Å². The number of nitrogens with two attached hydrogens (primary N) is 1. The first-order valence-corrected chi connectivity index (χ1v) is 5.59. The Balaban J connectivity index is 2.10. The van der Waals surface area contributed by atoms with Gasteiger partial charge in [0, 0.05) is 6.54 Å². The molecule has 0 aliphatic carbocycles. The minimum Gasteiger partial charge on any atom is -0.351 e. The highest BCUT2D eigenvalue weighted by Gasteiger charge is 2.04. The van der Waals surface area contributed by atoms with Crippen LogP contribution in [0.5, 0.6) is 0 Å². The van der Waals surface area contributed by atoms with E-state index >= 15 is 0 Å². The molecule has 78 valence electrons. The lowest BCUT2D eigenvalue weighted by molar-refractivity contribution is 0.0957. The van der Waals surface area contributed by atoms with Gasteiger partial charge in [-0.1, -0.05) is 6.42 Å². The van der Waals surface area contributed by atoms with Crippen LogP contribution in [0.15, 0.2) is 11.7 Å². The first-order chi connectivity index (χ1) is 6.84. The predicted molar refractivity (Wildman–Crippen MR) is 57.4 cm³/mol. The number of aromatic nitrogens is 1. The van der Waals surface area contributed by atoms with Gasteiger partial charge in [-0.15, -0.1) is 11.3 Å². The average molecular weight is 213 g/mol. The Morgan fingerprint density at radius 3 is 3.00 bits per heavy atom. The second-order valence-corrected chi connectivity index (χ2v) is 3.86. The molecule has 0 unspecified atom stereocenters. The van der Waals surface area contributed by atoms with Crippen LogP contribution in [0.1, 0.15) is 28.9 Å². The molecule has 4 nitrogen and oxygen atoms in total. The number of hydrogen-bond acceptors (Lipinski definition) is 4. The summed E-state index contributed by atoms with van der Waals surface area (Å²) in [6.07, 6.45) is 4.66. The molecule has 5 heteroatoms. The van der Waals surface area contributed by atoms with Gasteiger partial charge in [0.25, 0.3) is 5.91 Å². The molecule has 3 N–H and O–H groups in total. The first kappa shape index (κ1) is 11.1. The second kappa shape index (κ2) is 6.50. The number of amides is 1. The van der Waals surface area contributed by atoms with Gasteiger partial charge in [-0.2, -0.15) is 0 Å². The topological polar surface area (TPSA) is 68.0 Å². The summed E-state index contributed by atoms with van der Waals surface area (Å²) in [6, 6.07) is 0. The summed E-state index contributed by atoms with van der Waals surface area (Å²) in [7, 11) is 0. The van der Waals surface area contributed by atoms with Crippen LogP contribution in [-0.2, 0) is 0 Å². The lowest BCUT2D eigenvalue weighted by Crippen LogP contribution is -2.23. The third-order valence-electron chi connectivity index (χ3n) is 1.82. The minimum atomic E-state index is -0.0275. The molecule has 0 saturated carbocycles. The highest BCUT2D eigenvalue weighted by atomic mass is 32.1. The standard InChI is InChI=1S/C9H15N3OS/c10-4-2-1-3-5-12-9(13)8-6-11-7-14-8/h6-7H,1-5,10H2,(H,12,13). The molecule has 0 spiro atoms. The number of nitrogens with one attached hydrogen (secondary N) is 1. The van der Waals surface area contributed by atoms with Gasteiger partial charge in [0.05, 0.1) is 11.7 Å². The lowest BCUT2D eigenvalue weighted by atomic mass is 10.2. The monoisotopic (exact) mass is 213 g/mol. The van der Waals surface area contributed by atoms with Crippen LogP contribution in [0.4, 0.5) is 0 Å². The third kappa shape index (κ3) is 3.85. The van der Waals surface area contributed by atoms with Crippen molar-refractivity contribution >= 4 is 17.2 Å². The lowest BCUT2D eigenvalue weighted by Gasteiger charge is -2.02. The molecule has 0 aliphatic heterocycles. The van der Waals surface area contributed by atoms with Crippen LogP contribution < -0.4 is 11.1 Å². The maximum atomic E-state index is 11.4. The Kier molecular flexibility index (Phi) is 5.17. The molecule has 0 fully saturated rings. The molecule has 1 rings (SSSR count). The van der Waals surface area contributed by atoms with E-state index in [0.29, 0.717) is 4.88 Å². The van der Waals surface area contributed by atoms with Crippen molar-refractivity contribution in [1.29, 1.82) is 0 Å². The molecule has 0 saturated heterocycles. The van der Waals surface area contributed by atoms with Gasteiger partial charge in [0.15, 0.2) is 0 Å². The zero-order chi connectivity index (χ0) is 10.2. The molecule has 0 atom stereocenters. The molecular weight excluding hydrogens is 198 g/mol. The van der Waals surface area contributed by atoms with Crippen molar-refractivity contribution in [2.75, 3.05) is 13.1 Å². The number of rotatable bonds is 6. The molecule has 0 aliphatic rings. The molecule has 1 heterocycles. The zero-order valence-electron chi connectivity index (χ0n) is 8.03. The Morgan fingerprint density at radius 1 is 1.50 bits per heavy atom. The fraction of sp³-hybridized carbons (Fsp3) is 0.556. The molecule has 1 aromatic rings. The number of carbonyl (C=O) groups is 1. The van der Waals surface area contributed by atoms with Gasteiger partial charge < -0.3 is 11.1 Å². The fourth-order valence-corrected chi connectivity index (χ4v) is 1.60. The molecule has 14 heavy (non-hydrogen) atoms. The summed E-state index contributed by atoms with van der Waals surface area (Å²) < 4.78 is 0. The van der Waals surface area contributed by atoms with E-state index in [-0.39, 0.29) is 5.91 Å². The van der Waals surface area contributed by atoms with Gasteiger partial charge in [0.1, 0.15) is 4.88 Å². The van der Waals surface area contributed by atoms with Gasteiger partial charge >= 0.3 is 0 Å². The zero-order valence-corrected chi connectivity index (χ0v) is 8.85. The maximum absolute atomic E-state index is 11.4. The van der Waals surface area contributed by atoms with Crippen molar-refractivity contribution in [2.45, 2.75) is 19.3 Å². The Bertz CT molecular complexity index is 261. The van der Waals surface area contributed by atoms with Crippen molar-refractivity contribution in [2.24, 2.45) is 5.73 Å². The second-order valence-electron chi connectivity index (χ2n) is 2.97. The summed E-state index contributed by atoms with van der Waals surface area (Å²) in [5.74, 6) is -0.0275. The minimum absolute atomic E-state index is 0.0275. The Hall–Kier alpha value is -0.940. The van der Waals surface area contributed by atoms with Crippen LogP contribution in [0.2, 0.25) is 0 Å². The molecule has 1 aromatic heterocycles. The summed E-state index contributed by atoms with van der Waals surface area (Å²) >= 11 is 1.36. The van der Waals surface area contributed by atoms with E-state index in [1.807, 2.05) is 0 Å². The van der Waals surface area contributed by atoms with Crippen molar-refractivity contribution in [3.05, 3.63) is 16.6 Å². The van der Waals surface area contributed by atoms with Crippen molar-refractivity contribution in [3.63, 3.8) is 0 Å². The molecular formula is C9H15N3OS. The molecule has 1 amide bonds. The van der Waals surface area contributed by atoms with E-state index in [1.54, 1.807) is 11.7 Å². The maximum Gasteiger partial charge on any atom is 0.262 e. The number of thiazole rings is 1. The van der Waals surface area contributed by atoms with Crippen molar-refractivity contribution < 1.29 is 4.79 Å². The Labute approximate surface area is 87.5 Å². The normalized spacial score (nSPS) is 10.1. The highest BCUT2D eigenvalue weighted by molar-refractivity contribution is 7.11. The number of unbranched alkanes of at least 4 members (excludes halogenated alkanes) is 2. The van der Waals surface area contributed by atoms with Gasteiger partial charge in [-0.3, -0.25) is 9.78 Å². The van der Waals surface area contributed by atoms with Crippen molar-refractivity contribution in [1.82, 2.24) is 10.3 Å². The van der Waals surface area contributed by atoms with E-state index in [2.05, 4.69) is 10.3 Å². The first-order valence-electron chi connectivity index (χ1n) is 4.71. The van der Waals surface area contributed by atoms with E-state index in [4.69, 9.17) is 5.73 Å². The van der Waals surface area contributed by atoms with Crippen LogP contribution in [-0.4, -0.2) is 24.0 Å². The highest BCUT2D eigenvalue weighted by Crippen LogP contribution is 2.04. The molecule has 0 bridgehead atoms. The summed E-state index contributed by atoms with van der Waals surface area (Å²) in [6.45, 7) is 1.44. The quantitative estimate of drug-likeness (QED) is 0.693. The van der Waals surface area contributed by atoms with E-state index in [1.165, 1.54) is 11.3 Å². The van der Waals surface area contributed by atoms with Crippen LogP contribution >= 0.6 is 11.3 Å². The summed E-state index contributed by atoms with van der Waals surface area (Å²) in [5, 5.41) is 2.83. The van der Waals surface area contributed by atoms with E-state index in [9.17, 15) is 4.79 Å². The molecule has 0 radical (unpaired) electrons. The van der Waals surface area contributed by atoms with Crippen molar-refractivity contribution in [3.8, 4) is 0 Å². The van der Waals surface area contributed by atoms with E-state index < -0.39 is 0 Å². The average Bonchev–Trinajstić information content (AvgIpc) is 2.70. The summed E-state index contributed by atoms with van der Waals surface area (Å²) in [5.41, 5.74) is 7.01. The largest absolute Gasteiger partial charge is 0.351 e.